The Morgan fingerprint density at radius 2 is 0.606 bits per heavy atom. The molecule has 0 saturated carbocycles. The van der Waals surface area contributed by atoms with Gasteiger partial charge in [0.05, 0.1) is 0 Å². The number of hydrogen-bond donors (Lipinski definition) is 0. The van der Waals surface area contributed by atoms with E-state index in [2.05, 4.69) is 255 Å². The zero-order chi connectivity index (χ0) is 47.0. The first-order valence-corrected chi connectivity index (χ1v) is 27.1. The monoisotopic (exact) mass is 918 g/mol. The lowest BCUT2D eigenvalue weighted by molar-refractivity contribution is 1.46. The summed E-state index contributed by atoms with van der Waals surface area (Å²) in [5.74, 6) is 0. The molecular formula is C70H46S. The van der Waals surface area contributed by atoms with Gasteiger partial charge in [0.15, 0.2) is 0 Å². The second-order valence-corrected chi connectivity index (χ2v) is 23.5. The third-order valence-corrected chi connectivity index (χ3v) is 18.7. The second kappa shape index (κ2) is 15.3. The van der Waals surface area contributed by atoms with Gasteiger partial charge in [-0.15, -0.1) is 0 Å². The largest absolute Gasteiger partial charge is 0.192 e. The Hall–Kier alpha value is -8.49. The lowest BCUT2D eigenvalue weighted by Gasteiger charge is -2.29. The first-order chi connectivity index (χ1) is 34.9. The molecule has 14 aromatic carbocycles. The Morgan fingerprint density at radius 1 is 0.211 bits per heavy atom. The van der Waals surface area contributed by atoms with E-state index in [1.165, 1.54) is 152 Å². The van der Waals surface area contributed by atoms with Crippen molar-refractivity contribution in [3.8, 4) is 55.6 Å². The van der Waals surface area contributed by atoms with Crippen molar-refractivity contribution >= 4 is 96.2 Å². The highest BCUT2D eigenvalue weighted by molar-refractivity contribution is 8.33. The fraction of sp³-hybridized carbons (Fsp3) is 0.0286. The third kappa shape index (κ3) is 6.07. The van der Waals surface area contributed by atoms with E-state index >= 15 is 0 Å². The minimum atomic E-state index is -1.47. The van der Waals surface area contributed by atoms with E-state index in [1.807, 2.05) is 0 Å². The molecule has 1 aliphatic rings. The van der Waals surface area contributed by atoms with Crippen LogP contribution in [-0.2, 0) is 0 Å². The van der Waals surface area contributed by atoms with Crippen molar-refractivity contribution in [2.75, 3.05) is 12.5 Å². The van der Waals surface area contributed by atoms with Crippen molar-refractivity contribution in [3.63, 3.8) is 0 Å². The van der Waals surface area contributed by atoms with E-state index in [1.54, 1.807) is 0 Å². The molecule has 0 fully saturated rings. The van der Waals surface area contributed by atoms with Crippen molar-refractivity contribution in [2.24, 2.45) is 0 Å². The number of rotatable bonds is 4. The van der Waals surface area contributed by atoms with Gasteiger partial charge >= 0.3 is 0 Å². The summed E-state index contributed by atoms with van der Waals surface area (Å²) in [5, 5.41) is 20.3. The second-order valence-electron chi connectivity index (χ2n) is 19.9. The first-order valence-electron chi connectivity index (χ1n) is 24.7. The molecule has 0 aliphatic carbocycles. The smallest absolute Gasteiger partial charge is 0.00220 e. The molecule has 0 amide bonds. The molecule has 0 radical (unpaired) electrons. The molecule has 0 unspecified atom stereocenters. The van der Waals surface area contributed by atoms with Crippen molar-refractivity contribution in [1.82, 2.24) is 0 Å². The molecule has 71 heavy (non-hydrogen) atoms. The zero-order valence-corrected chi connectivity index (χ0v) is 40.3. The van der Waals surface area contributed by atoms with Crippen LogP contribution in [0.3, 0.4) is 0 Å². The molecule has 1 aliphatic heterocycles. The molecule has 1 heterocycles. The summed E-state index contributed by atoms with van der Waals surface area (Å²) in [6, 6.07) is 92.1. The summed E-state index contributed by atoms with van der Waals surface area (Å²) in [4.78, 5) is 2.90. The van der Waals surface area contributed by atoms with Crippen LogP contribution in [0.1, 0.15) is 0 Å². The standard InChI is InChI=1S/C70H46S/c1-71(2)67-40-50(48-30-28-44-16-4-6-18-46(44)36-48)31-33-59(67)61-41-65-66(42-68(61)71)70(63-39-52-20-8-10-22-54(52)56-24-12-14-26-58(56)63)64-37-49(47-29-27-43-15-3-5-17-45(43)35-47)32-34-60(64)69(65)62-38-51-19-7-9-21-53(51)55-23-11-13-25-57(55)62/h3-42H,1-2H3. The summed E-state index contributed by atoms with van der Waals surface area (Å²) in [6.07, 6.45) is 5.05. The van der Waals surface area contributed by atoms with Gasteiger partial charge in [0.25, 0.3) is 0 Å². The van der Waals surface area contributed by atoms with Crippen LogP contribution < -0.4 is 0 Å². The third-order valence-electron chi connectivity index (χ3n) is 15.8. The lowest BCUT2D eigenvalue weighted by atomic mass is 9.81. The molecule has 0 N–H and O–H groups in total. The molecule has 1 heteroatoms. The molecule has 0 spiro atoms. The van der Waals surface area contributed by atoms with E-state index in [0.717, 1.165) is 0 Å². The van der Waals surface area contributed by atoms with Gasteiger partial charge in [0.1, 0.15) is 0 Å². The normalized spacial score (nSPS) is 13.5. The number of benzene rings is 14. The Labute approximate surface area is 414 Å². The summed E-state index contributed by atoms with van der Waals surface area (Å²) >= 11 is 0. The van der Waals surface area contributed by atoms with Gasteiger partial charge < -0.3 is 0 Å². The average molecular weight is 919 g/mol. The van der Waals surface area contributed by atoms with Crippen molar-refractivity contribution in [2.45, 2.75) is 9.79 Å². The summed E-state index contributed by atoms with van der Waals surface area (Å²) in [5.41, 5.74) is 12.8. The van der Waals surface area contributed by atoms with Gasteiger partial charge in [-0.25, -0.2) is 0 Å². The SMILES string of the molecule is CS1(C)c2cc(-c3ccc4ccccc4c3)ccc2-c2cc3c(-c4cc5ccccc5c5ccccc45)c4ccc(-c5ccc6ccccc6c5)cc4c(-c4cc5ccccc5c5ccccc45)c3cc21. The molecule has 0 nitrogen and oxygen atoms in total. The Morgan fingerprint density at radius 3 is 1.18 bits per heavy atom. The van der Waals surface area contributed by atoms with Gasteiger partial charge in [-0.3, -0.25) is 0 Å². The fourth-order valence-corrected chi connectivity index (χ4v) is 14.9. The Balaban J connectivity index is 1.10. The van der Waals surface area contributed by atoms with E-state index in [-0.39, 0.29) is 0 Å². The van der Waals surface area contributed by atoms with E-state index in [0.29, 0.717) is 0 Å². The number of fused-ring (bicyclic) bond motifs is 13. The van der Waals surface area contributed by atoms with Crippen molar-refractivity contribution in [1.29, 1.82) is 0 Å². The predicted molar refractivity (Wildman–Crippen MR) is 310 cm³/mol. The summed E-state index contributed by atoms with van der Waals surface area (Å²) < 4.78 is 0. The highest BCUT2D eigenvalue weighted by Crippen LogP contribution is 2.69. The molecular weight excluding hydrogens is 873 g/mol. The summed E-state index contributed by atoms with van der Waals surface area (Å²) in [7, 11) is -1.47. The van der Waals surface area contributed by atoms with Gasteiger partial charge in [-0.1, -0.05) is 194 Å². The minimum Gasteiger partial charge on any atom is -0.192 e. The molecule has 0 atom stereocenters. The zero-order valence-electron chi connectivity index (χ0n) is 39.5. The molecule has 0 saturated heterocycles. The fourth-order valence-electron chi connectivity index (χ4n) is 12.4. The highest BCUT2D eigenvalue weighted by atomic mass is 32.3. The van der Waals surface area contributed by atoms with Crippen LogP contribution >= 0.6 is 10.0 Å². The molecule has 0 bridgehead atoms. The average Bonchev–Trinajstić information content (AvgIpc) is 3.65. The van der Waals surface area contributed by atoms with Gasteiger partial charge in [0, 0.05) is 9.79 Å². The topological polar surface area (TPSA) is 0 Å². The Kier molecular flexibility index (Phi) is 8.68. The van der Waals surface area contributed by atoms with Crippen molar-refractivity contribution in [3.05, 3.63) is 243 Å². The maximum atomic E-state index is 2.64. The maximum absolute atomic E-state index is 2.64. The van der Waals surface area contributed by atoms with Gasteiger partial charge in [-0.2, -0.15) is 10.0 Å². The first kappa shape index (κ1) is 40.4. The van der Waals surface area contributed by atoms with Crippen LogP contribution in [0.4, 0.5) is 0 Å². The predicted octanol–water partition coefficient (Wildman–Crippen LogP) is 20.0. The van der Waals surface area contributed by atoms with Gasteiger partial charge in [0.2, 0.25) is 0 Å². The van der Waals surface area contributed by atoms with E-state index < -0.39 is 10.0 Å². The molecule has 0 aromatic heterocycles. The number of hydrogen-bond acceptors (Lipinski definition) is 0. The van der Waals surface area contributed by atoms with E-state index in [9.17, 15) is 0 Å². The van der Waals surface area contributed by atoms with Crippen LogP contribution in [0.15, 0.2) is 252 Å². The lowest BCUT2D eigenvalue weighted by Crippen LogP contribution is -1.97. The molecule has 332 valence electrons. The highest BCUT2D eigenvalue weighted by Gasteiger charge is 2.34. The molecule has 14 aromatic rings. The van der Waals surface area contributed by atoms with Gasteiger partial charge in [-0.05, 0) is 203 Å². The molecule has 15 rings (SSSR count). The quantitative estimate of drug-likeness (QED) is 0.122. The van der Waals surface area contributed by atoms with E-state index in [4.69, 9.17) is 0 Å². The van der Waals surface area contributed by atoms with Crippen LogP contribution in [0, 0.1) is 0 Å². The van der Waals surface area contributed by atoms with Crippen LogP contribution in [0.25, 0.3) is 142 Å². The van der Waals surface area contributed by atoms with Crippen LogP contribution in [-0.4, -0.2) is 12.5 Å². The van der Waals surface area contributed by atoms with Crippen LogP contribution in [0.5, 0.6) is 0 Å². The minimum absolute atomic E-state index is 1.21. The Bertz CT molecular complexity index is 4610. The van der Waals surface area contributed by atoms with Crippen LogP contribution in [0.2, 0.25) is 0 Å². The summed E-state index contributed by atoms with van der Waals surface area (Å²) in [6.45, 7) is 0. The van der Waals surface area contributed by atoms with Crippen molar-refractivity contribution < 1.29 is 0 Å². The maximum Gasteiger partial charge on any atom is 0.00220 e.